The van der Waals surface area contributed by atoms with Crippen LogP contribution in [0, 0.1) is 5.82 Å². The monoisotopic (exact) mass is 298 g/mol. The number of alkyl halides is 1. The highest BCUT2D eigenvalue weighted by Crippen LogP contribution is 2.25. The third kappa shape index (κ3) is 3.10. The van der Waals surface area contributed by atoms with E-state index in [1.54, 1.807) is 17.0 Å². The van der Waals surface area contributed by atoms with Crippen LogP contribution in [0.5, 0.6) is 0 Å². The van der Waals surface area contributed by atoms with Gasteiger partial charge in [-0.1, -0.05) is 12.1 Å². The molecule has 0 radical (unpaired) electrons. The lowest BCUT2D eigenvalue weighted by atomic mass is 10.1. The maximum atomic E-state index is 12.9. The number of carbonyl (C=O) groups excluding carboxylic acids is 2. The molecule has 0 aromatic heterocycles. The van der Waals surface area contributed by atoms with Crippen LogP contribution >= 0.6 is 11.6 Å². The number of rotatable bonds is 4. The van der Waals surface area contributed by atoms with Crippen molar-refractivity contribution in [2.24, 2.45) is 0 Å². The van der Waals surface area contributed by atoms with Gasteiger partial charge in [0.25, 0.3) is 0 Å². The second-order valence-electron chi connectivity index (χ2n) is 4.80. The average Bonchev–Trinajstić information content (AvgIpc) is 2.80. The molecule has 1 aliphatic heterocycles. The molecule has 1 fully saturated rings. The Kier molecular flexibility index (Phi) is 4.60. The van der Waals surface area contributed by atoms with E-state index in [4.69, 9.17) is 11.6 Å². The standard InChI is InChI=1S/C14H16ClFN2O2/c1-9(10-2-4-11(16)5-3-10)18-7-6-12(14(18)20)17-13(19)8-15/h2-5,9,12H,6-8H2,1H3,(H,17,19). The van der Waals surface area contributed by atoms with Gasteiger partial charge < -0.3 is 10.2 Å². The number of nitrogens with one attached hydrogen (secondary N) is 1. The zero-order valence-electron chi connectivity index (χ0n) is 11.1. The predicted molar refractivity (Wildman–Crippen MR) is 73.8 cm³/mol. The van der Waals surface area contributed by atoms with Gasteiger partial charge in [-0.2, -0.15) is 0 Å². The van der Waals surface area contributed by atoms with E-state index in [1.807, 2.05) is 6.92 Å². The fraction of sp³-hybridized carbons (Fsp3) is 0.429. The van der Waals surface area contributed by atoms with Gasteiger partial charge in [-0.3, -0.25) is 9.59 Å². The largest absolute Gasteiger partial charge is 0.343 e. The number of amides is 2. The topological polar surface area (TPSA) is 49.4 Å². The number of carbonyl (C=O) groups is 2. The minimum absolute atomic E-state index is 0.125. The van der Waals surface area contributed by atoms with Gasteiger partial charge in [-0.05, 0) is 31.0 Å². The van der Waals surface area contributed by atoms with Gasteiger partial charge in [-0.25, -0.2) is 4.39 Å². The summed E-state index contributed by atoms with van der Waals surface area (Å²) in [5.74, 6) is -0.931. The summed E-state index contributed by atoms with van der Waals surface area (Å²) in [6.07, 6.45) is 0.562. The van der Waals surface area contributed by atoms with Crippen LogP contribution in [0.25, 0.3) is 0 Å². The van der Waals surface area contributed by atoms with Crippen molar-refractivity contribution in [1.82, 2.24) is 10.2 Å². The molecular formula is C14H16ClFN2O2. The molecule has 2 rings (SSSR count). The second-order valence-corrected chi connectivity index (χ2v) is 5.07. The molecule has 0 spiro atoms. The molecule has 2 amide bonds. The quantitative estimate of drug-likeness (QED) is 0.862. The second kappa shape index (κ2) is 6.22. The van der Waals surface area contributed by atoms with Crippen molar-refractivity contribution in [1.29, 1.82) is 0 Å². The Balaban J connectivity index is 2.05. The number of hydrogen-bond acceptors (Lipinski definition) is 2. The summed E-state index contributed by atoms with van der Waals surface area (Å²) in [6, 6.07) is 5.42. The molecule has 1 saturated heterocycles. The summed E-state index contributed by atoms with van der Waals surface area (Å²) in [5.41, 5.74) is 0.865. The highest BCUT2D eigenvalue weighted by atomic mass is 35.5. The van der Waals surface area contributed by atoms with Crippen LogP contribution in [0.15, 0.2) is 24.3 Å². The normalized spacial score (nSPS) is 20.1. The van der Waals surface area contributed by atoms with Crippen LogP contribution in [-0.2, 0) is 9.59 Å². The number of halogens is 2. The lowest BCUT2D eigenvalue weighted by molar-refractivity contribution is -0.133. The molecule has 2 unspecified atom stereocenters. The third-order valence-corrected chi connectivity index (χ3v) is 3.76. The van der Waals surface area contributed by atoms with Crippen LogP contribution in [0.1, 0.15) is 24.9 Å². The van der Waals surface area contributed by atoms with E-state index in [9.17, 15) is 14.0 Å². The first-order valence-corrected chi connectivity index (χ1v) is 6.97. The Labute approximate surface area is 121 Å². The molecule has 0 bridgehead atoms. The lowest BCUT2D eigenvalue weighted by Crippen LogP contribution is -2.42. The van der Waals surface area contributed by atoms with Crippen molar-refractivity contribution in [2.75, 3.05) is 12.4 Å². The van der Waals surface area contributed by atoms with Gasteiger partial charge in [0.05, 0.1) is 6.04 Å². The van der Waals surface area contributed by atoms with E-state index in [1.165, 1.54) is 12.1 Å². The molecule has 0 aliphatic carbocycles. The highest BCUT2D eigenvalue weighted by molar-refractivity contribution is 6.27. The Morgan fingerprint density at radius 2 is 2.15 bits per heavy atom. The molecule has 1 aliphatic rings. The van der Waals surface area contributed by atoms with Crippen LogP contribution < -0.4 is 5.32 Å². The minimum atomic E-state index is -0.510. The average molecular weight is 299 g/mol. The van der Waals surface area contributed by atoms with Gasteiger partial charge in [0.15, 0.2) is 0 Å². The fourth-order valence-electron chi connectivity index (χ4n) is 2.37. The maximum Gasteiger partial charge on any atom is 0.245 e. The summed E-state index contributed by atoms with van der Waals surface area (Å²) in [4.78, 5) is 25.2. The van der Waals surface area contributed by atoms with E-state index in [0.717, 1.165) is 5.56 Å². The van der Waals surface area contributed by atoms with E-state index >= 15 is 0 Å². The molecule has 108 valence electrons. The van der Waals surface area contributed by atoms with Crippen LogP contribution in [-0.4, -0.2) is 35.2 Å². The summed E-state index contributed by atoms with van der Waals surface area (Å²) in [5, 5.41) is 2.60. The van der Waals surface area contributed by atoms with Gasteiger partial charge in [0, 0.05) is 6.54 Å². The van der Waals surface area contributed by atoms with Crippen molar-refractivity contribution in [3.63, 3.8) is 0 Å². The molecule has 1 heterocycles. The number of benzene rings is 1. The summed E-state index contributed by atoms with van der Waals surface area (Å²) >= 11 is 5.42. The van der Waals surface area contributed by atoms with E-state index in [-0.39, 0.29) is 29.6 Å². The lowest BCUT2D eigenvalue weighted by Gasteiger charge is -2.25. The first kappa shape index (κ1) is 14.8. The summed E-state index contributed by atoms with van der Waals surface area (Å²) < 4.78 is 12.9. The Hall–Kier alpha value is -1.62. The molecule has 1 N–H and O–H groups in total. The Bertz CT molecular complexity index is 506. The van der Waals surface area contributed by atoms with Crippen LogP contribution in [0.3, 0.4) is 0 Å². The van der Waals surface area contributed by atoms with E-state index in [2.05, 4.69) is 5.32 Å². The zero-order chi connectivity index (χ0) is 14.7. The third-order valence-electron chi connectivity index (χ3n) is 3.52. The first-order valence-electron chi connectivity index (χ1n) is 6.44. The molecule has 4 nitrogen and oxygen atoms in total. The van der Waals surface area contributed by atoms with Crippen LogP contribution in [0.4, 0.5) is 4.39 Å². The summed E-state index contributed by atoms with van der Waals surface area (Å²) in [7, 11) is 0. The van der Waals surface area contributed by atoms with Gasteiger partial charge >= 0.3 is 0 Å². The van der Waals surface area contributed by atoms with E-state index < -0.39 is 6.04 Å². The number of hydrogen-bond donors (Lipinski definition) is 1. The Morgan fingerprint density at radius 1 is 1.50 bits per heavy atom. The zero-order valence-corrected chi connectivity index (χ0v) is 11.9. The van der Waals surface area contributed by atoms with E-state index in [0.29, 0.717) is 13.0 Å². The van der Waals surface area contributed by atoms with Crippen molar-refractivity contribution in [3.05, 3.63) is 35.6 Å². The van der Waals surface area contributed by atoms with Crippen molar-refractivity contribution < 1.29 is 14.0 Å². The van der Waals surface area contributed by atoms with Crippen molar-refractivity contribution in [2.45, 2.75) is 25.4 Å². The predicted octanol–water partition coefficient (Wildman–Crippen LogP) is 1.84. The van der Waals surface area contributed by atoms with Crippen molar-refractivity contribution >= 4 is 23.4 Å². The number of likely N-dealkylation sites (tertiary alicyclic amines) is 1. The number of nitrogens with zero attached hydrogens (tertiary/aromatic N) is 1. The molecule has 20 heavy (non-hydrogen) atoms. The highest BCUT2D eigenvalue weighted by Gasteiger charge is 2.35. The maximum absolute atomic E-state index is 12.9. The smallest absolute Gasteiger partial charge is 0.245 e. The summed E-state index contributed by atoms with van der Waals surface area (Å²) in [6.45, 7) is 2.45. The SMILES string of the molecule is CC(c1ccc(F)cc1)N1CCC(NC(=O)CCl)C1=O. The first-order chi connectivity index (χ1) is 9.52. The molecule has 1 aromatic carbocycles. The molecule has 6 heteroatoms. The van der Waals surface area contributed by atoms with Crippen LogP contribution in [0.2, 0.25) is 0 Å². The molecule has 0 saturated carbocycles. The van der Waals surface area contributed by atoms with Gasteiger partial charge in [0.1, 0.15) is 17.7 Å². The molecule has 2 atom stereocenters. The van der Waals surface area contributed by atoms with Crippen molar-refractivity contribution in [3.8, 4) is 0 Å². The minimum Gasteiger partial charge on any atom is -0.343 e. The fourth-order valence-corrected chi connectivity index (χ4v) is 2.45. The molecular weight excluding hydrogens is 283 g/mol. The molecule has 1 aromatic rings. The van der Waals surface area contributed by atoms with Gasteiger partial charge in [0.2, 0.25) is 11.8 Å². The van der Waals surface area contributed by atoms with Gasteiger partial charge in [-0.15, -0.1) is 11.6 Å². The Morgan fingerprint density at radius 3 is 2.75 bits per heavy atom.